The lowest BCUT2D eigenvalue weighted by Crippen LogP contribution is -2.33. The summed E-state index contributed by atoms with van der Waals surface area (Å²) in [6.07, 6.45) is 1.02. The Morgan fingerprint density at radius 3 is 1.87 bits per heavy atom. The fourth-order valence-electron chi connectivity index (χ4n) is 4.31. The van der Waals surface area contributed by atoms with Crippen LogP contribution in [0, 0.1) is 0 Å². The summed E-state index contributed by atoms with van der Waals surface area (Å²) >= 11 is 0. The fourth-order valence-corrected chi connectivity index (χ4v) is 4.31. The molecule has 1 saturated carbocycles. The molecule has 2 atom stereocenters. The first-order chi connectivity index (χ1) is 15.3. The first kappa shape index (κ1) is 19.3. The lowest BCUT2D eigenvalue weighted by atomic mass is 10.0. The standard InChI is InChI=1S/C29H25NO/c31-29(26-18-16-24(17-19-26)23-12-6-2-7-13-23)30(21-22-10-4-1-5-11-22)28-20-27(28)25-14-8-3-9-15-25/h1-19,27-28H,20-21H2/t27-,28+/m0/s1. The van der Waals surface area contributed by atoms with Crippen molar-refractivity contribution in [1.82, 2.24) is 4.90 Å². The Bertz CT molecular complexity index is 1140. The van der Waals surface area contributed by atoms with E-state index in [4.69, 9.17) is 0 Å². The van der Waals surface area contributed by atoms with Crippen molar-refractivity contribution in [2.45, 2.75) is 24.9 Å². The highest BCUT2D eigenvalue weighted by Gasteiger charge is 2.44. The molecule has 4 aromatic carbocycles. The highest BCUT2D eigenvalue weighted by atomic mass is 16.2. The van der Waals surface area contributed by atoms with Crippen molar-refractivity contribution in [2.24, 2.45) is 0 Å². The van der Waals surface area contributed by atoms with Gasteiger partial charge in [-0.15, -0.1) is 0 Å². The van der Waals surface area contributed by atoms with Gasteiger partial charge < -0.3 is 4.90 Å². The Balaban J connectivity index is 1.40. The lowest BCUT2D eigenvalue weighted by Gasteiger charge is -2.24. The van der Waals surface area contributed by atoms with E-state index >= 15 is 0 Å². The fraction of sp³-hybridized carbons (Fsp3) is 0.138. The number of amides is 1. The number of hydrogen-bond donors (Lipinski definition) is 0. The van der Waals surface area contributed by atoms with Gasteiger partial charge in [0.2, 0.25) is 0 Å². The zero-order chi connectivity index (χ0) is 21.0. The summed E-state index contributed by atoms with van der Waals surface area (Å²) in [6, 6.07) is 39.3. The molecule has 0 heterocycles. The molecule has 1 fully saturated rings. The summed E-state index contributed by atoms with van der Waals surface area (Å²) < 4.78 is 0. The predicted molar refractivity (Wildman–Crippen MR) is 126 cm³/mol. The third-order valence-electron chi connectivity index (χ3n) is 6.08. The van der Waals surface area contributed by atoms with Gasteiger partial charge in [-0.25, -0.2) is 0 Å². The van der Waals surface area contributed by atoms with Gasteiger partial charge >= 0.3 is 0 Å². The van der Waals surface area contributed by atoms with Crippen LogP contribution in [0.3, 0.4) is 0 Å². The second-order valence-electron chi connectivity index (χ2n) is 8.18. The van der Waals surface area contributed by atoms with Gasteiger partial charge in [0.15, 0.2) is 0 Å². The monoisotopic (exact) mass is 403 g/mol. The first-order valence-corrected chi connectivity index (χ1v) is 10.8. The number of benzene rings is 4. The van der Waals surface area contributed by atoms with Crippen LogP contribution in [0.4, 0.5) is 0 Å². The second-order valence-corrected chi connectivity index (χ2v) is 8.18. The maximum absolute atomic E-state index is 13.6. The maximum atomic E-state index is 13.6. The van der Waals surface area contributed by atoms with E-state index in [1.807, 2.05) is 66.7 Å². The number of hydrogen-bond acceptors (Lipinski definition) is 1. The summed E-state index contributed by atoms with van der Waals surface area (Å²) in [5, 5.41) is 0. The van der Waals surface area contributed by atoms with Crippen LogP contribution < -0.4 is 0 Å². The second kappa shape index (κ2) is 8.61. The molecule has 1 aliphatic rings. The lowest BCUT2D eigenvalue weighted by molar-refractivity contribution is 0.0726. The molecule has 5 rings (SSSR count). The van der Waals surface area contributed by atoms with Gasteiger partial charge in [-0.05, 0) is 40.8 Å². The van der Waals surface area contributed by atoms with Crippen LogP contribution in [0.15, 0.2) is 115 Å². The maximum Gasteiger partial charge on any atom is 0.254 e. The topological polar surface area (TPSA) is 20.3 Å². The molecule has 31 heavy (non-hydrogen) atoms. The molecule has 0 saturated heterocycles. The van der Waals surface area contributed by atoms with Gasteiger partial charge in [0.25, 0.3) is 5.91 Å². The van der Waals surface area contributed by atoms with E-state index in [0.717, 1.165) is 28.7 Å². The van der Waals surface area contributed by atoms with Crippen molar-refractivity contribution in [3.05, 3.63) is 132 Å². The minimum absolute atomic E-state index is 0.104. The molecular weight excluding hydrogens is 378 g/mol. The van der Waals surface area contributed by atoms with Gasteiger partial charge in [-0.2, -0.15) is 0 Å². The van der Waals surface area contributed by atoms with Crippen LogP contribution in [0.25, 0.3) is 11.1 Å². The molecule has 0 aliphatic heterocycles. The minimum Gasteiger partial charge on any atom is -0.331 e. The smallest absolute Gasteiger partial charge is 0.254 e. The summed E-state index contributed by atoms with van der Waals surface area (Å²) in [6.45, 7) is 0.633. The Hall–Kier alpha value is -3.65. The van der Waals surface area contributed by atoms with Crippen LogP contribution in [-0.2, 0) is 6.54 Å². The Morgan fingerprint density at radius 2 is 1.23 bits per heavy atom. The van der Waals surface area contributed by atoms with Gasteiger partial charge in [0.1, 0.15) is 0 Å². The number of carbonyl (C=O) groups is 1. The molecule has 0 aromatic heterocycles. The largest absolute Gasteiger partial charge is 0.331 e. The molecule has 0 N–H and O–H groups in total. The van der Waals surface area contributed by atoms with Gasteiger partial charge in [-0.1, -0.05) is 103 Å². The van der Waals surface area contributed by atoms with Crippen molar-refractivity contribution in [3.8, 4) is 11.1 Å². The van der Waals surface area contributed by atoms with Crippen LogP contribution in [0.5, 0.6) is 0 Å². The van der Waals surface area contributed by atoms with Crippen molar-refractivity contribution >= 4 is 5.91 Å². The molecular formula is C29H25NO. The molecule has 0 bridgehead atoms. The molecule has 152 valence electrons. The van der Waals surface area contributed by atoms with Crippen molar-refractivity contribution in [1.29, 1.82) is 0 Å². The van der Waals surface area contributed by atoms with E-state index in [1.165, 1.54) is 5.56 Å². The molecule has 1 aliphatic carbocycles. The molecule has 2 nitrogen and oxygen atoms in total. The zero-order valence-electron chi connectivity index (χ0n) is 17.4. The molecule has 0 spiro atoms. The molecule has 0 unspecified atom stereocenters. The minimum atomic E-state index is 0.104. The molecule has 0 radical (unpaired) electrons. The van der Waals surface area contributed by atoms with E-state index in [2.05, 4.69) is 53.4 Å². The van der Waals surface area contributed by atoms with Crippen LogP contribution in [0.1, 0.15) is 33.8 Å². The van der Waals surface area contributed by atoms with Crippen molar-refractivity contribution in [2.75, 3.05) is 0 Å². The van der Waals surface area contributed by atoms with Crippen LogP contribution in [-0.4, -0.2) is 16.8 Å². The quantitative estimate of drug-likeness (QED) is 0.357. The highest BCUT2D eigenvalue weighted by molar-refractivity contribution is 5.95. The molecule has 2 heteroatoms. The van der Waals surface area contributed by atoms with Crippen molar-refractivity contribution < 1.29 is 4.79 Å². The van der Waals surface area contributed by atoms with E-state index in [-0.39, 0.29) is 11.9 Å². The number of nitrogens with zero attached hydrogens (tertiary/aromatic N) is 1. The number of carbonyl (C=O) groups excluding carboxylic acids is 1. The average Bonchev–Trinajstić information content (AvgIpc) is 3.65. The van der Waals surface area contributed by atoms with E-state index in [1.54, 1.807) is 0 Å². The average molecular weight is 404 g/mol. The van der Waals surface area contributed by atoms with Gasteiger partial charge in [0, 0.05) is 24.1 Å². The normalized spacial score (nSPS) is 17.2. The van der Waals surface area contributed by atoms with E-state index in [0.29, 0.717) is 12.5 Å². The van der Waals surface area contributed by atoms with Crippen LogP contribution in [0.2, 0.25) is 0 Å². The SMILES string of the molecule is O=C(c1ccc(-c2ccccc2)cc1)N(Cc1ccccc1)[C@@H]1C[C@H]1c1ccccc1. The first-order valence-electron chi connectivity index (χ1n) is 10.8. The zero-order valence-corrected chi connectivity index (χ0v) is 17.4. The van der Waals surface area contributed by atoms with E-state index < -0.39 is 0 Å². The van der Waals surface area contributed by atoms with Gasteiger partial charge in [-0.3, -0.25) is 4.79 Å². The Morgan fingerprint density at radius 1 is 0.677 bits per heavy atom. The summed E-state index contributed by atoms with van der Waals surface area (Å²) in [5.41, 5.74) is 5.51. The van der Waals surface area contributed by atoms with Gasteiger partial charge in [0.05, 0.1) is 0 Å². The van der Waals surface area contributed by atoms with E-state index in [9.17, 15) is 4.79 Å². The third kappa shape index (κ3) is 4.29. The van der Waals surface area contributed by atoms with Crippen LogP contribution >= 0.6 is 0 Å². The summed E-state index contributed by atoms with van der Waals surface area (Å²) in [4.78, 5) is 15.6. The molecule has 1 amide bonds. The Labute approximate surface area is 183 Å². The summed E-state index contributed by atoms with van der Waals surface area (Å²) in [5.74, 6) is 0.518. The molecule has 4 aromatic rings. The summed E-state index contributed by atoms with van der Waals surface area (Å²) in [7, 11) is 0. The van der Waals surface area contributed by atoms with Crippen molar-refractivity contribution in [3.63, 3.8) is 0 Å². The highest BCUT2D eigenvalue weighted by Crippen LogP contribution is 2.45. The number of rotatable bonds is 6. The third-order valence-corrected chi connectivity index (χ3v) is 6.08. The predicted octanol–water partition coefficient (Wildman–Crippen LogP) is 6.55. The Kier molecular flexibility index (Phi) is 5.37.